The number of rotatable bonds is 4. The van der Waals surface area contributed by atoms with Crippen molar-refractivity contribution in [2.24, 2.45) is 12.9 Å². The fourth-order valence-electron chi connectivity index (χ4n) is 2.28. The first kappa shape index (κ1) is 13.7. The molecule has 4 nitrogen and oxygen atoms in total. The van der Waals surface area contributed by atoms with Crippen molar-refractivity contribution in [2.45, 2.75) is 26.3 Å². The Hall–Kier alpha value is -1.72. The van der Waals surface area contributed by atoms with Crippen LogP contribution in [0, 0.1) is 12.7 Å². The SMILES string of the molecule is CCc1cc(C(NN)c2ccc(F)cc2C)n(C)n1. The van der Waals surface area contributed by atoms with Gasteiger partial charge in [-0.05, 0) is 42.7 Å². The minimum Gasteiger partial charge on any atom is -0.271 e. The van der Waals surface area contributed by atoms with E-state index in [4.69, 9.17) is 5.84 Å². The van der Waals surface area contributed by atoms with Crippen molar-refractivity contribution in [3.05, 3.63) is 52.6 Å². The van der Waals surface area contributed by atoms with Crippen molar-refractivity contribution >= 4 is 0 Å². The Kier molecular flexibility index (Phi) is 3.97. The number of nitrogens with two attached hydrogens (primary N) is 1. The lowest BCUT2D eigenvalue weighted by Crippen LogP contribution is -2.30. The lowest BCUT2D eigenvalue weighted by atomic mass is 9.98. The van der Waals surface area contributed by atoms with Gasteiger partial charge in [0.1, 0.15) is 5.82 Å². The summed E-state index contributed by atoms with van der Waals surface area (Å²) in [6, 6.07) is 6.54. The Labute approximate surface area is 112 Å². The van der Waals surface area contributed by atoms with Gasteiger partial charge in [0.05, 0.1) is 17.4 Å². The van der Waals surface area contributed by atoms with Gasteiger partial charge in [-0.3, -0.25) is 10.5 Å². The predicted octanol–water partition coefficient (Wildman–Crippen LogP) is 1.98. The van der Waals surface area contributed by atoms with Crippen LogP contribution >= 0.6 is 0 Å². The van der Waals surface area contributed by atoms with Crippen LogP contribution < -0.4 is 11.3 Å². The van der Waals surface area contributed by atoms with E-state index in [1.165, 1.54) is 12.1 Å². The van der Waals surface area contributed by atoms with Gasteiger partial charge in [-0.1, -0.05) is 13.0 Å². The second kappa shape index (κ2) is 5.50. The molecule has 102 valence electrons. The summed E-state index contributed by atoms with van der Waals surface area (Å²) >= 11 is 0. The fourth-order valence-corrected chi connectivity index (χ4v) is 2.28. The number of nitrogens with zero attached hydrogens (tertiary/aromatic N) is 2. The van der Waals surface area contributed by atoms with Crippen LogP contribution in [-0.2, 0) is 13.5 Å². The highest BCUT2D eigenvalue weighted by molar-refractivity contribution is 5.35. The number of aromatic nitrogens is 2. The first-order valence-corrected chi connectivity index (χ1v) is 6.31. The van der Waals surface area contributed by atoms with E-state index in [2.05, 4.69) is 17.4 Å². The van der Waals surface area contributed by atoms with E-state index in [-0.39, 0.29) is 11.9 Å². The van der Waals surface area contributed by atoms with Crippen LogP contribution in [0.25, 0.3) is 0 Å². The number of hydrazine groups is 1. The summed E-state index contributed by atoms with van der Waals surface area (Å²) in [6.45, 7) is 3.93. The van der Waals surface area contributed by atoms with Crippen LogP contribution in [0.3, 0.4) is 0 Å². The monoisotopic (exact) mass is 262 g/mol. The molecule has 0 radical (unpaired) electrons. The highest BCUT2D eigenvalue weighted by Crippen LogP contribution is 2.25. The molecule has 0 saturated carbocycles. The maximum absolute atomic E-state index is 13.2. The maximum atomic E-state index is 13.2. The highest BCUT2D eigenvalue weighted by atomic mass is 19.1. The Bertz CT molecular complexity index is 577. The van der Waals surface area contributed by atoms with Crippen LogP contribution in [0.4, 0.5) is 4.39 Å². The lowest BCUT2D eigenvalue weighted by molar-refractivity contribution is 0.568. The first-order chi connectivity index (χ1) is 9.06. The molecule has 0 aliphatic rings. The molecule has 2 aromatic rings. The Morgan fingerprint density at radius 1 is 1.42 bits per heavy atom. The van der Waals surface area contributed by atoms with E-state index in [1.54, 1.807) is 6.07 Å². The lowest BCUT2D eigenvalue weighted by Gasteiger charge is -2.18. The zero-order chi connectivity index (χ0) is 14.0. The molecule has 1 aromatic carbocycles. The van der Waals surface area contributed by atoms with E-state index in [9.17, 15) is 4.39 Å². The third-order valence-electron chi connectivity index (χ3n) is 3.33. The van der Waals surface area contributed by atoms with Gasteiger partial charge in [-0.2, -0.15) is 5.10 Å². The van der Waals surface area contributed by atoms with Crippen LogP contribution in [-0.4, -0.2) is 9.78 Å². The average molecular weight is 262 g/mol. The zero-order valence-electron chi connectivity index (χ0n) is 11.4. The minimum atomic E-state index is -0.240. The summed E-state index contributed by atoms with van der Waals surface area (Å²) in [4.78, 5) is 0. The molecule has 0 saturated heterocycles. The van der Waals surface area contributed by atoms with Crippen molar-refractivity contribution in [3.63, 3.8) is 0 Å². The number of aryl methyl sites for hydroxylation is 3. The molecule has 5 heteroatoms. The Morgan fingerprint density at radius 2 is 2.16 bits per heavy atom. The topological polar surface area (TPSA) is 55.9 Å². The second-order valence-electron chi connectivity index (χ2n) is 4.64. The van der Waals surface area contributed by atoms with Crippen molar-refractivity contribution in [2.75, 3.05) is 0 Å². The van der Waals surface area contributed by atoms with Crippen molar-refractivity contribution < 1.29 is 4.39 Å². The molecule has 1 aromatic heterocycles. The van der Waals surface area contributed by atoms with Crippen LogP contribution in [0.1, 0.15) is 35.5 Å². The van der Waals surface area contributed by atoms with Gasteiger partial charge in [0.15, 0.2) is 0 Å². The number of halogens is 1. The quantitative estimate of drug-likeness (QED) is 0.654. The van der Waals surface area contributed by atoms with Gasteiger partial charge in [-0.15, -0.1) is 0 Å². The number of hydrogen-bond acceptors (Lipinski definition) is 3. The van der Waals surface area contributed by atoms with Gasteiger partial charge in [-0.25, -0.2) is 9.82 Å². The van der Waals surface area contributed by atoms with E-state index in [1.807, 2.05) is 24.7 Å². The molecule has 3 N–H and O–H groups in total. The molecule has 0 spiro atoms. The number of benzene rings is 1. The summed E-state index contributed by atoms with van der Waals surface area (Å²) in [5.74, 6) is 5.44. The maximum Gasteiger partial charge on any atom is 0.123 e. The minimum absolute atomic E-state index is 0.196. The molecule has 0 aliphatic carbocycles. The van der Waals surface area contributed by atoms with E-state index in [0.29, 0.717) is 0 Å². The number of hydrogen-bond donors (Lipinski definition) is 2. The molecule has 19 heavy (non-hydrogen) atoms. The molecule has 0 fully saturated rings. The fraction of sp³-hybridized carbons (Fsp3) is 0.357. The molecule has 0 amide bonds. The second-order valence-corrected chi connectivity index (χ2v) is 4.64. The van der Waals surface area contributed by atoms with Crippen molar-refractivity contribution in [1.29, 1.82) is 0 Å². The summed E-state index contributed by atoms with van der Waals surface area (Å²) < 4.78 is 15.0. The number of nitrogens with one attached hydrogen (secondary N) is 1. The summed E-state index contributed by atoms with van der Waals surface area (Å²) in [6.07, 6.45) is 0.869. The third kappa shape index (κ3) is 2.67. The van der Waals surface area contributed by atoms with Crippen molar-refractivity contribution in [1.82, 2.24) is 15.2 Å². The molecule has 1 unspecified atom stereocenters. The van der Waals surface area contributed by atoms with Gasteiger partial charge in [0, 0.05) is 7.05 Å². The molecule has 1 heterocycles. The van der Waals surface area contributed by atoms with Gasteiger partial charge in [0.2, 0.25) is 0 Å². The standard InChI is InChI=1S/C14H19FN4/c1-4-11-8-13(19(3)18-11)14(17-16)12-6-5-10(15)7-9(12)2/h5-8,14,17H,4,16H2,1-3H3. The molecule has 0 aliphatic heterocycles. The average Bonchev–Trinajstić information content (AvgIpc) is 2.74. The zero-order valence-corrected chi connectivity index (χ0v) is 11.4. The van der Waals surface area contributed by atoms with Crippen LogP contribution in [0.5, 0.6) is 0 Å². The first-order valence-electron chi connectivity index (χ1n) is 6.31. The highest BCUT2D eigenvalue weighted by Gasteiger charge is 2.19. The van der Waals surface area contributed by atoms with Gasteiger partial charge < -0.3 is 0 Å². The van der Waals surface area contributed by atoms with Gasteiger partial charge >= 0.3 is 0 Å². The molecule has 1 atom stereocenters. The van der Waals surface area contributed by atoms with Crippen molar-refractivity contribution in [3.8, 4) is 0 Å². The Morgan fingerprint density at radius 3 is 2.68 bits per heavy atom. The smallest absolute Gasteiger partial charge is 0.123 e. The van der Waals surface area contributed by atoms with E-state index in [0.717, 1.165) is 28.9 Å². The largest absolute Gasteiger partial charge is 0.271 e. The normalized spacial score (nSPS) is 12.7. The molecular weight excluding hydrogens is 243 g/mol. The molecule has 2 rings (SSSR count). The summed E-state index contributed by atoms with van der Waals surface area (Å²) in [5.41, 5.74) is 6.58. The summed E-state index contributed by atoms with van der Waals surface area (Å²) in [7, 11) is 1.89. The third-order valence-corrected chi connectivity index (χ3v) is 3.33. The van der Waals surface area contributed by atoms with E-state index >= 15 is 0 Å². The predicted molar refractivity (Wildman–Crippen MR) is 72.9 cm³/mol. The molecule has 0 bridgehead atoms. The van der Waals surface area contributed by atoms with E-state index < -0.39 is 0 Å². The van der Waals surface area contributed by atoms with Crippen LogP contribution in [0.2, 0.25) is 0 Å². The summed E-state index contributed by atoms with van der Waals surface area (Å²) in [5, 5.41) is 4.42. The van der Waals surface area contributed by atoms with Crippen LogP contribution in [0.15, 0.2) is 24.3 Å². The Balaban J connectivity index is 2.46. The molecular formula is C14H19FN4. The van der Waals surface area contributed by atoms with Gasteiger partial charge in [0.25, 0.3) is 0 Å².